The molecule has 2 aliphatic heterocycles. The van der Waals surface area contributed by atoms with Crippen molar-refractivity contribution >= 4 is 23.2 Å². The molecule has 6 nitrogen and oxygen atoms in total. The number of anilines is 2. The number of carbonyl (C=O) groups is 2. The number of amides is 2. The fraction of sp³-hybridized carbons (Fsp3) is 0.536. The van der Waals surface area contributed by atoms with E-state index in [0.29, 0.717) is 17.7 Å². The van der Waals surface area contributed by atoms with Crippen LogP contribution in [-0.4, -0.2) is 47.9 Å². The summed E-state index contributed by atoms with van der Waals surface area (Å²) < 4.78 is 0. The Morgan fingerprint density at radius 3 is 2.35 bits per heavy atom. The van der Waals surface area contributed by atoms with Crippen LogP contribution < -0.4 is 10.2 Å². The maximum absolute atomic E-state index is 12.7. The molecule has 34 heavy (non-hydrogen) atoms. The van der Waals surface area contributed by atoms with E-state index in [1.54, 1.807) is 6.20 Å². The molecule has 5 rings (SSSR count). The molecule has 2 amide bonds. The Balaban J connectivity index is 1.06. The number of pyridine rings is 1. The zero-order valence-corrected chi connectivity index (χ0v) is 20.0. The minimum absolute atomic E-state index is 0.00959. The molecular formula is C28H36N4O2. The molecule has 0 spiro atoms. The second kappa shape index (κ2) is 10.6. The summed E-state index contributed by atoms with van der Waals surface area (Å²) in [5.74, 6) is 1.55. The van der Waals surface area contributed by atoms with Crippen molar-refractivity contribution in [3.63, 3.8) is 0 Å². The fourth-order valence-electron chi connectivity index (χ4n) is 5.71. The van der Waals surface area contributed by atoms with Gasteiger partial charge in [0.2, 0.25) is 11.8 Å². The van der Waals surface area contributed by atoms with Gasteiger partial charge < -0.3 is 15.1 Å². The van der Waals surface area contributed by atoms with Gasteiger partial charge >= 0.3 is 0 Å². The maximum Gasteiger partial charge on any atom is 0.231 e. The lowest BCUT2D eigenvalue weighted by Gasteiger charge is -2.39. The highest BCUT2D eigenvalue weighted by Gasteiger charge is 2.33. The maximum atomic E-state index is 12.7. The summed E-state index contributed by atoms with van der Waals surface area (Å²) >= 11 is 0. The largest absolute Gasteiger partial charge is 0.369 e. The third kappa shape index (κ3) is 5.43. The number of rotatable bonds is 6. The third-order valence-electron chi connectivity index (χ3n) is 7.95. The zero-order chi connectivity index (χ0) is 23.3. The summed E-state index contributed by atoms with van der Waals surface area (Å²) in [7, 11) is 0. The van der Waals surface area contributed by atoms with Gasteiger partial charge in [-0.05, 0) is 67.3 Å². The first-order valence-electron chi connectivity index (χ1n) is 13.0. The van der Waals surface area contributed by atoms with Crippen LogP contribution in [-0.2, 0) is 9.59 Å². The van der Waals surface area contributed by atoms with Gasteiger partial charge in [0, 0.05) is 44.5 Å². The monoisotopic (exact) mass is 460 g/mol. The van der Waals surface area contributed by atoms with E-state index in [9.17, 15) is 9.59 Å². The topological polar surface area (TPSA) is 65.5 Å². The first-order chi connectivity index (χ1) is 16.7. The molecule has 2 aromatic rings. The second-order valence-corrected chi connectivity index (χ2v) is 10.3. The van der Waals surface area contributed by atoms with Gasteiger partial charge in [-0.2, -0.15) is 0 Å². The molecule has 6 heteroatoms. The molecule has 3 aliphatic rings. The molecule has 1 saturated carbocycles. The van der Waals surface area contributed by atoms with Crippen molar-refractivity contribution in [3.8, 4) is 0 Å². The Morgan fingerprint density at radius 2 is 1.68 bits per heavy atom. The number of carbonyl (C=O) groups excluding carboxylic acids is 2. The predicted octanol–water partition coefficient (Wildman–Crippen LogP) is 4.83. The van der Waals surface area contributed by atoms with Crippen molar-refractivity contribution in [2.24, 2.45) is 11.8 Å². The summed E-state index contributed by atoms with van der Waals surface area (Å²) in [6.07, 6.45) is 12.8. The molecule has 3 fully saturated rings. The molecule has 180 valence electrons. The fourth-order valence-corrected chi connectivity index (χ4v) is 5.71. The molecule has 1 aliphatic carbocycles. The van der Waals surface area contributed by atoms with E-state index in [-0.39, 0.29) is 11.8 Å². The van der Waals surface area contributed by atoms with Gasteiger partial charge in [0.25, 0.3) is 0 Å². The summed E-state index contributed by atoms with van der Waals surface area (Å²) in [6.45, 7) is 3.19. The molecule has 0 unspecified atom stereocenters. The van der Waals surface area contributed by atoms with Crippen LogP contribution in [0.1, 0.15) is 62.8 Å². The number of piperidine rings is 1. The van der Waals surface area contributed by atoms with Crippen LogP contribution in [0.4, 0.5) is 11.4 Å². The number of aromatic nitrogens is 1. The Labute approximate surface area is 202 Å². The van der Waals surface area contributed by atoms with Gasteiger partial charge in [-0.1, -0.05) is 31.4 Å². The highest BCUT2D eigenvalue weighted by atomic mass is 16.2. The van der Waals surface area contributed by atoms with Gasteiger partial charge in [0.1, 0.15) is 0 Å². The van der Waals surface area contributed by atoms with E-state index in [1.807, 2.05) is 30.5 Å². The molecule has 2 saturated heterocycles. The number of nitrogens with one attached hydrogen (secondary N) is 1. The zero-order valence-electron chi connectivity index (χ0n) is 20.0. The van der Waals surface area contributed by atoms with Crippen LogP contribution in [0.25, 0.3) is 0 Å². The number of benzene rings is 1. The summed E-state index contributed by atoms with van der Waals surface area (Å²) in [4.78, 5) is 33.7. The van der Waals surface area contributed by atoms with E-state index in [0.717, 1.165) is 56.8 Å². The normalized spacial score (nSPS) is 20.1. The average Bonchev–Trinajstić information content (AvgIpc) is 2.85. The van der Waals surface area contributed by atoms with Crippen molar-refractivity contribution in [1.82, 2.24) is 9.88 Å². The van der Waals surface area contributed by atoms with Crippen LogP contribution >= 0.6 is 0 Å². The van der Waals surface area contributed by atoms with Crippen molar-refractivity contribution in [3.05, 3.63) is 54.4 Å². The van der Waals surface area contributed by atoms with Gasteiger partial charge in [0.05, 0.1) is 17.8 Å². The quantitative estimate of drug-likeness (QED) is 0.670. The summed E-state index contributed by atoms with van der Waals surface area (Å²) in [6, 6.07) is 12.3. The lowest BCUT2D eigenvalue weighted by Crippen LogP contribution is -2.52. The molecule has 1 N–H and O–H groups in total. The van der Waals surface area contributed by atoms with Gasteiger partial charge in [-0.3, -0.25) is 14.6 Å². The smallest absolute Gasteiger partial charge is 0.231 e. The van der Waals surface area contributed by atoms with Crippen LogP contribution in [0.2, 0.25) is 0 Å². The molecule has 0 bridgehead atoms. The Hall–Kier alpha value is -2.89. The number of hydrogen-bond acceptors (Lipinski definition) is 4. The minimum Gasteiger partial charge on any atom is -0.369 e. The SMILES string of the molecule is O=C(Nc1ccc(C2CCN(C(=O)CC3CCCCC3)CC2)cc1)C1CN(c2cccnc2)C1. The lowest BCUT2D eigenvalue weighted by molar-refractivity contribution is -0.133. The standard InChI is InChI=1S/C28H36N4O2/c33-27(17-21-5-2-1-3-6-21)31-15-12-23(13-16-31)22-8-10-25(11-9-22)30-28(34)24-19-32(20-24)26-7-4-14-29-18-26/h4,7-11,14,18,21,23-24H,1-3,5-6,12-13,15-17,19-20H2,(H,30,34). The summed E-state index contributed by atoms with van der Waals surface area (Å²) in [5.41, 5.74) is 3.23. The number of hydrogen-bond donors (Lipinski definition) is 1. The average molecular weight is 461 g/mol. The Morgan fingerprint density at radius 1 is 0.941 bits per heavy atom. The first-order valence-corrected chi connectivity index (χ1v) is 13.0. The van der Waals surface area contributed by atoms with Crippen molar-refractivity contribution < 1.29 is 9.59 Å². The highest BCUT2D eigenvalue weighted by molar-refractivity contribution is 5.94. The lowest BCUT2D eigenvalue weighted by atomic mass is 9.85. The van der Waals surface area contributed by atoms with Crippen molar-refractivity contribution in [2.45, 2.75) is 57.3 Å². The van der Waals surface area contributed by atoms with Crippen molar-refractivity contribution in [2.75, 3.05) is 36.4 Å². The van der Waals surface area contributed by atoms with Crippen LogP contribution in [0, 0.1) is 11.8 Å². The van der Waals surface area contributed by atoms with Crippen molar-refractivity contribution in [1.29, 1.82) is 0 Å². The minimum atomic E-state index is 0.00959. The highest BCUT2D eigenvalue weighted by Crippen LogP contribution is 2.31. The third-order valence-corrected chi connectivity index (χ3v) is 7.95. The molecular weight excluding hydrogens is 424 g/mol. The van der Waals surface area contributed by atoms with E-state index >= 15 is 0 Å². The number of nitrogens with zero attached hydrogens (tertiary/aromatic N) is 3. The van der Waals surface area contributed by atoms with E-state index in [4.69, 9.17) is 0 Å². The van der Waals surface area contributed by atoms with Gasteiger partial charge in [0.15, 0.2) is 0 Å². The molecule has 1 aromatic heterocycles. The molecule has 3 heterocycles. The predicted molar refractivity (Wildman–Crippen MR) is 135 cm³/mol. The summed E-state index contributed by atoms with van der Waals surface area (Å²) in [5, 5.41) is 3.07. The Kier molecular flexibility index (Phi) is 7.12. The van der Waals surface area contributed by atoms with Gasteiger partial charge in [-0.15, -0.1) is 0 Å². The number of likely N-dealkylation sites (tertiary alicyclic amines) is 1. The van der Waals surface area contributed by atoms with E-state index < -0.39 is 0 Å². The van der Waals surface area contributed by atoms with Crippen LogP contribution in [0.15, 0.2) is 48.8 Å². The van der Waals surface area contributed by atoms with Gasteiger partial charge in [-0.25, -0.2) is 0 Å². The first kappa shape index (κ1) is 22.9. The Bertz CT molecular complexity index is 958. The molecule has 0 atom stereocenters. The van der Waals surface area contributed by atoms with Crippen LogP contribution in [0.5, 0.6) is 0 Å². The molecule has 0 radical (unpaired) electrons. The van der Waals surface area contributed by atoms with Crippen LogP contribution in [0.3, 0.4) is 0 Å². The van der Waals surface area contributed by atoms with E-state index in [1.165, 1.54) is 37.7 Å². The van der Waals surface area contributed by atoms with E-state index in [2.05, 4.69) is 32.2 Å². The molecule has 1 aromatic carbocycles. The second-order valence-electron chi connectivity index (χ2n) is 10.3.